The first-order valence-electron chi connectivity index (χ1n) is 6.49. The fraction of sp³-hybridized carbons (Fsp3) is 0.500. The number of nitrogens with one attached hydrogen (secondary N) is 1. The Hall–Kier alpha value is -1.43. The summed E-state index contributed by atoms with van der Waals surface area (Å²) in [6.45, 7) is 2.34. The molecule has 0 spiro atoms. The molecule has 1 aromatic rings. The molecule has 0 saturated carbocycles. The third-order valence-corrected chi connectivity index (χ3v) is 3.42. The lowest BCUT2D eigenvalue weighted by atomic mass is 9.94. The average molecular weight is 264 g/mol. The van der Waals surface area contributed by atoms with Crippen LogP contribution in [0.25, 0.3) is 0 Å². The highest BCUT2D eigenvalue weighted by Crippen LogP contribution is 2.19. The molecule has 0 aromatic heterocycles. The van der Waals surface area contributed by atoms with Gasteiger partial charge < -0.3 is 20.9 Å². The minimum Gasteiger partial charge on any atom is -0.388 e. The van der Waals surface area contributed by atoms with Gasteiger partial charge >= 0.3 is 0 Å². The Morgan fingerprint density at radius 3 is 2.84 bits per heavy atom. The number of hydrogen-bond donors (Lipinski definition) is 3. The number of nitrogens with two attached hydrogens (primary N) is 1. The summed E-state index contributed by atoms with van der Waals surface area (Å²) in [7, 11) is 0. The zero-order chi connectivity index (χ0) is 13.7. The third-order valence-electron chi connectivity index (χ3n) is 3.42. The Kier molecular flexibility index (Phi) is 4.52. The van der Waals surface area contributed by atoms with E-state index in [9.17, 15) is 9.90 Å². The fourth-order valence-electron chi connectivity index (χ4n) is 2.20. The first-order chi connectivity index (χ1) is 9.09. The van der Waals surface area contributed by atoms with Crippen molar-refractivity contribution in [1.29, 1.82) is 0 Å². The van der Waals surface area contributed by atoms with Gasteiger partial charge in [0.05, 0.1) is 5.60 Å². The van der Waals surface area contributed by atoms with E-state index in [2.05, 4.69) is 5.32 Å². The monoisotopic (exact) mass is 264 g/mol. The molecule has 0 unspecified atom stereocenters. The predicted molar refractivity (Wildman–Crippen MR) is 71.7 cm³/mol. The highest BCUT2D eigenvalue weighted by atomic mass is 16.5. The molecule has 1 heterocycles. The molecule has 19 heavy (non-hydrogen) atoms. The molecule has 2 rings (SSSR count). The van der Waals surface area contributed by atoms with Crippen LogP contribution in [0, 0.1) is 0 Å². The van der Waals surface area contributed by atoms with E-state index >= 15 is 0 Å². The second-order valence-electron chi connectivity index (χ2n) is 5.00. The second kappa shape index (κ2) is 6.14. The highest BCUT2D eigenvalue weighted by molar-refractivity contribution is 5.92. The van der Waals surface area contributed by atoms with Gasteiger partial charge in [-0.3, -0.25) is 4.79 Å². The van der Waals surface area contributed by atoms with Gasteiger partial charge in [-0.1, -0.05) is 12.1 Å². The molecule has 104 valence electrons. The number of hydrogen-bond acceptors (Lipinski definition) is 4. The van der Waals surface area contributed by atoms with Gasteiger partial charge in [0.15, 0.2) is 0 Å². The summed E-state index contributed by atoms with van der Waals surface area (Å²) in [4.78, 5) is 11.1. The maximum Gasteiger partial charge on any atom is 0.248 e. The lowest BCUT2D eigenvalue weighted by Crippen LogP contribution is -2.44. The Morgan fingerprint density at radius 2 is 2.16 bits per heavy atom. The standard InChI is InChI=1S/C14H20N2O3/c15-13(17)12-3-1-2-11(8-12)9-16-10-14(18)4-6-19-7-5-14/h1-3,8,16,18H,4-7,9-10H2,(H2,15,17). The molecule has 1 aliphatic heterocycles. The summed E-state index contributed by atoms with van der Waals surface area (Å²) in [5.74, 6) is -0.426. The van der Waals surface area contributed by atoms with Crippen molar-refractivity contribution >= 4 is 5.91 Å². The van der Waals surface area contributed by atoms with E-state index in [1.54, 1.807) is 18.2 Å². The van der Waals surface area contributed by atoms with Crippen LogP contribution in [-0.4, -0.2) is 36.4 Å². The Labute approximate surface area is 112 Å². The molecule has 1 aromatic carbocycles. The minimum absolute atomic E-state index is 0.426. The highest BCUT2D eigenvalue weighted by Gasteiger charge is 2.28. The quantitative estimate of drug-likeness (QED) is 0.719. The average Bonchev–Trinajstić information content (AvgIpc) is 2.39. The van der Waals surface area contributed by atoms with E-state index in [0.717, 1.165) is 5.56 Å². The van der Waals surface area contributed by atoms with Crippen molar-refractivity contribution in [3.63, 3.8) is 0 Å². The van der Waals surface area contributed by atoms with Crippen LogP contribution >= 0.6 is 0 Å². The van der Waals surface area contributed by atoms with Crippen LogP contribution < -0.4 is 11.1 Å². The fourth-order valence-corrected chi connectivity index (χ4v) is 2.20. The lowest BCUT2D eigenvalue weighted by Gasteiger charge is -2.32. The maximum atomic E-state index is 11.1. The van der Waals surface area contributed by atoms with E-state index in [1.165, 1.54) is 0 Å². The molecule has 4 N–H and O–H groups in total. The van der Waals surface area contributed by atoms with Gasteiger partial charge in [0.25, 0.3) is 0 Å². The van der Waals surface area contributed by atoms with Crippen molar-refractivity contribution in [3.05, 3.63) is 35.4 Å². The smallest absolute Gasteiger partial charge is 0.248 e. The molecule has 0 atom stereocenters. The summed E-state index contributed by atoms with van der Waals surface area (Å²) in [6, 6.07) is 7.19. The summed E-state index contributed by atoms with van der Waals surface area (Å²) < 4.78 is 5.23. The minimum atomic E-state index is -0.681. The van der Waals surface area contributed by atoms with Gasteiger partial charge in [-0.2, -0.15) is 0 Å². The van der Waals surface area contributed by atoms with E-state index in [4.69, 9.17) is 10.5 Å². The molecule has 1 saturated heterocycles. The normalized spacial score (nSPS) is 18.2. The van der Waals surface area contributed by atoms with Crippen LogP contribution in [-0.2, 0) is 11.3 Å². The Morgan fingerprint density at radius 1 is 1.42 bits per heavy atom. The van der Waals surface area contributed by atoms with E-state index < -0.39 is 11.5 Å². The third kappa shape index (κ3) is 4.02. The van der Waals surface area contributed by atoms with Crippen LogP contribution in [0.2, 0.25) is 0 Å². The SMILES string of the molecule is NC(=O)c1cccc(CNCC2(O)CCOCC2)c1. The number of primary amides is 1. The molecule has 5 heteroatoms. The van der Waals surface area contributed by atoms with Crippen molar-refractivity contribution in [3.8, 4) is 0 Å². The first kappa shape index (κ1) is 14.0. The zero-order valence-corrected chi connectivity index (χ0v) is 10.9. The maximum absolute atomic E-state index is 11.1. The van der Waals surface area contributed by atoms with Gasteiger partial charge in [0, 0.05) is 44.7 Å². The number of amides is 1. The van der Waals surface area contributed by atoms with E-state index in [0.29, 0.717) is 44.7 Å². The van der Waals surface area contributed by atoms with Crippen LogP contribution in [0.3, 0.4) is 0 Å². The van der Waals surface area contributed by atoms with Gasteiger partial charge in [-0.05, 0) is 17.7 Å². The Balaban J connectivity index is 1.85. The second-order valence-corrected chi connectivity index (χ2v) is 5.00. The summed E-state index contributed by atoms with van der Waals surface area (Å²) in [5, 5.41) is 13.5. The molecule has 0 aliphatic carbocycles. The summed E-state index contributed by atoms with van der Waals surface area (Å²) in [6.07, 6.45) is 1.31. The van der Waals surface area contributed by atoms with Crippen molar-refractivity contribution in [2.24, 2.45) is 5.73 Å². The number of aliphatic hydroxyl groups is 1. The van der Waals surface area contributed by atoms with Crippen LogP contribution in [0.1, 0.15) is 28.8 Å². The molecule has 5 nitrogen and oxygen atoms in total. The van der Waals surface area contributed by atoms with Gasteiger partial charge in [-0.15, -0.1) is 0 Å². The summed E-state index contributed by atoms with van der Waals surface area (Å²) >= 11 is 0. The molecule has 1 fully saturated rings. The molecule has 0 bridgehead atoms. The molecule has 1 amide bonds. The molecular formula is C14H20N2O3. The molecular weight excluding hydrogens is 244 g/mol. The van der Waals surface area contributed by atoms with Gasteiger partial charge in [0.2, 0.25) is 5.91 Å². The predicted octanol–water partition coefficient (Wildman–Crippen LogP) is 0.417. The lowest BCUT2D eigenvalue weighted by molar-refractivity contribution is -0.0617. The van der Waals surface area contributed by atoms with Crippen molar-refractivity contribution in [2.45, 2.75) is 25.0 Å². The van der Waals surface area contributed by atoms with Crippen LogP contribution in [0.5, 0.6) is 0 Å². The number of rotatable bonds is 5. The van der Waals surface area contributed by atoms with E-state index in [-0.39, 0.29) is 0 Å². The van der Waals surface area contributed by atoms with Gasteiger partial charge in [0.1, 0.15) is 0 Å². The van der Waals surface area contributed by atoms with E-state index in [1.807, 2.05) is 6.07 Å². The van der Waals surface area contributed by atoms with Crippen molar-refractivity contribution in [2.75, 3.05) is 19.8 Å². The van der Waals surface area contributed by atoms with Crippen molar-refractivity contribution in [1.82, 2.24) is 5.32 Å². The van der Waals surface area contributed by atoms with Gasteiger partial charge in [-0.25, -0.2) is 0 Å². The number of carbonyl (C=O) groups is 1. The molecule has 0 radical (unpaired) electrons. The first-order valence-corrected chi connectivity index (χ1v) is 6.49. The number of carbonyl (C=O) groups excluding carboxylic acids is 1. The number of ether oxygens (including phenoxy) is 1. The largest absolute Gasteiger partial charge is 0.388 e. The van der Waals surface area contributed by atoms with Crippen molar-refractivity contribution < 1.29 is 14.6 Å². The Bertz CT molecular complexity index is 442. The zero-order valence-electron chi connectivity index (χ0n) is 10.9. The van der Waals surface area contributed by atoms with Crippen LogP contribution in [0.4, 0.5) is 0 Å². The topological polar surface area (TPSA) is 84.6 Å². The molecule has 1 aliphatic rings. The number of benzene rings is 1. The van der Waals surface area contributed by atoms with Crippen LogP contribution in [0.15, 0.2) is 24.3 Å². The summed E-state index contributed by atoms with van der Waals surface area (Å²) in [5.41, 5.74) is 6.04.